The van der Waals surface area contributed by atoms with Gasteiger partial charge >= 0.3 is 11.9 Å². The molecule has 1 aromatic carbocycles. The van der Waals surface area contributed by atoms with Gasteiger partial charge in [0.25, 0.3) is 0 Å². The zero-order chi connectivity index (χ0) is 12.7. The molecular formula is C7H3F5N2O2. The molecule has 0 aromatic heterocycles. The lowest BCUT2D eigenvalue weighted by molar-refractivity contribution is -0.391. The maximum absolute atomic E-state index is 13.0. The molecule has 0 aliphatic heterocycles. The molecular weight excluding hydrogens is 239 g/mol. The van der Waals surface area contributed by atoms with Crippen LogP contribution in [0.25, 0.3) is 0 Å². The van der Waals surface area contributed by atoms with Crippen LogP contribution in [-0.4, -0.2) is 4.92 Å². The van der Waals surface area contributed by atoms with Crippen LogP contribution >= 0.6 is 0 Å². The van der Waals surface area contributed by atoms with Gasteiger partial charge in [-0.1, -0.05) is 0 Å². The van der Waals surface area contributed by atoms with E-state index in [0.29, 0.717) is 0 Å². The van der Waals surface area contributed by atoms with E-state index >= 15 is 0 Å². The largest absolute Gasteiger partial charge is 0.426 e. The quantitative estimate of drug-likeness (QED) is 0.356. The number of benzene rings is 1. The molecule has 88 valence electrons. The molecule has 4 nitrogen and oxygen atoms in total. The van der Waals surface area contributed by atoms with Gasteiger partial charge in [-0.2, -0.15) is 17.6 Å². The summed E-state index contributed by atoms with van der Waals surface area (Å²) in [6, 6.07) is 0.128. The summed E-state index contributed by atoms with van der Waals surface area (Å²) in [5.41, 5.74) is -0.677. The van der Waals surface area contributed by atoms with E-state index in [2.05, 4.69) is 0 Å². The van der Waals surface area contributed by atoms with E-state index in [1.807, 2.05) is 0 Å². The fourth-order valence-electron chi connectivity index (χ4n) is 1.07. The highest BCUT2D eigenvalue weighted by Crippen LogP contribution is 2.41. The van der Waals surface area contributed by atoms with Crippen LogP contribution in [0.4, 0.5) is 33.3 Å². The number of halogens is 5. The van der Waals surface area contributed by atoms with Crippen molar-refractivity contribution < 1.29 is 26.9 Å². The summed E-state index contributed by atoms with van der Waals surface area (Å²) >= 11 is 0. The van der Waals surface area contributed by atoms with Crippen molar-refractivity contribution in [3.05, 3.63) is 33.4 Å². The Kier molecular flexibility index (Phi) is 2.71. The highest BCUT2D eigenvalue weighted by Gasteiger charge is 2.44. The Hall–Kier alpha value is -1.93. The van der Waals surface area contributed by atoms with Gasteiger partial charge in [-0.05, 0) is 0 Å². The Bertz CT molecular complexity index is 457. The second-order valence-electron chi connectivity index (χ2n) is 2.74. The van der Waals surface area contributed by atoms with Crippen molar-refractivity contribution in [1.82, 2.24) is 0 Å². The normalized spacial score (nSPS) is 11.6. The molecule has 1 rings (SSSR count). The topological polar surface area (TPSA) is 69.2 Å². The molecule has 0 radical (unpaired) electrons. The molecule has 0 fully saturated rings. The second-order valence-corrected chi connectivity index (χ2v) is 2.74. The van der Waals surface area contributed by atoms with E-state index in [4.69, 9.17) is 5.73 Å². The van der Waals surface area contributed by atoms with Gasteiger partial charge in [0.15, 0.2) is 11.4 Å². The van der Waals surface area contributed by atoms with Crippen LogP contribution in [0.5, 0.6) is 0 Å². The van der Waals surface area contributed by atoms with Gasteiger partial charge in [0, 0.05) is 6.07 Å². The van der Waals surface area contributed by atoms with E-state index in [-0.39, 0.29) is 6.07 Å². The van der Waals surface area contributed by atoms with Crippen LogP contribution in [0.1, 0.15) is 5.56 Å². The number of anilines is 1. The first-order chi connectivity index (χ1) is 7.16. The number of nitro benzene ring substituents is 1. The van der Waals surface area contributed by atoms with Crippen LogP contribution < -0.4 is 5.73 Å². The Labute approximate surface area is 84.6 Å². The van der Waals surface area contributed by atoms with Crippen molar-refractivity contribution in [2.45, 2.75) is 6.18 Å². The Morgan fingerprint density at radius 1 is 1.31 bits per heavy atom. The summed E-state index contributed by atoms with van der Waals surface area (Å²) in [6.07, 6.45) is -5.40. The highest BCUT2D eigenvalue weighted by molar-refractivity contribution is 5.55. The zero-order valence-electron chi connectivity index (χ0n) is 7.31. The lowest BCUT2D eigenvalue weighted by Crippen LogP contribution is -2.15. The SMILES string of the molecule is Nc1cc(F)c([N+](=O)[O-])c(C(F)(F)F)c1F. The number of hydrogen-bond donors (Lipinski definition) is 1. The lowest BCUT2D eigenvalue weighted by atomic mass is 10.1. The van der Waals surface area contributed by atoms with E-state index in [1.165, 1.54) is 0 Å². The first-order valence-corrected chi connectivity index (χ1v) is 3.65. The van der Waals surface area contributed by atoms with Crippen LogP contribution in [-0.2, 0) is 6.18 Å². The predicted octanol–water partition coefficient (Wildman–Crippen LogP) is 2.47. The minimum absolute atomic E-state index is 0.128. The summed E-state index contributed by atoms with van der Waals surface area (Å²) in [4.78, 5) is 8.56. The number of nitrogen functional groups attached to an aromatic ring is 1. The van der Waals surface area contributed by atoms with Crippen molar-refractivity contribution in [3.63, 3.8) is 0 Å². The van der Waals surface area contributed by atoms with E-state index < -0.39 is 39.7 Å². The van der Waals surface area contributed by atoms with Crippen LogP contribution in [0, 0.1) is 21.7 Å². The maximum atomic E-state index is 13.0. The Balaban J connectivity index is 3.72. The third-order valence-corrected chi connectivity index (χ3v) is 1.68. The minimum Gasteiger partial charge on any atom is -0.396 e. The fraction of sp³-hybridized carbons (Fsp3) is 0.143. The molecule has 2 N–H and O–H groups in total. The summed E-state index contributed by atoms with van der Waals surface area (Å²) in [5, 5.41) is 10.2. The molecule has 0 aliphatic rings. The number of rotatable bonds is 1. The molecule has 0 spiro atoms. The number of nitrogens with two attached hydrogens (primary N) is 1. The summed E-state index contributed by atoms with van der Waals surface area (Å²) in [6.45, 7) is 0. The van der Waals surface area contributed by atoms with Crippen molar-refractivity contribution in [1.29, 1.82) is 0 Å². The van der Waals surface area contributed by atoms with Gasteiger partial charge in [0.1, 0.15) is 0 Å². The van der Waals surface area contributed by atoms with Gasteiger partial charge in [0.05, 0.1) is 10.6 Å². The molecule has 0 unspecified atom stereocenters. The van der Waals surface area contributed by atoms with Crippen molar-refractivity contribution in [3.8, 4) is 0 Å². The first-order valence-electron chi connectivity index (χ1n) is 3.65. The van der Waals surface area contributed by atoms with Crippen LogP contribution in [0.3, 0.4) is 0 Å². The fourth-order valence-corrected chi connectivity index (χ4v) is 1.07. The molecule has 0 aliphatic carbocycles. The van der Waals surface area contributed by atoms with Gasteiger partial charge in [-0.15, -0.1) is 0 Å². The number of alkyl halides is 3. The molecule has 0 bridgehead atoms. The first kappa shape index (κ1) is 12.1. The Morgan fingerprint density at radius 2 is 1.81 bits per heavy atom. The van der Waals surface area contributed by atoms with Crippen LogP contribution in [0.15, 0.2) is 6.07 Å². The van der Waals surface area contributed by atoms with E-state index in [1.54, 1.807) is 0 Å². The molecule has 16 heavy (non-hydrogen) atoms. The molecule has 9 heteroatoms. The second kappa shape index (κ2) is 3.58. The molecule has 0 saturated heterocycles. The van der Waals surface area contributed by atoms with E-state index in [0.717, 1.165) is 0 Å². The van der Waals surface area contributed by atoms with Crippen molar-refractivity contribution >= 4 is 11.4 Å². The maximum Gasteiger partial charge on any atom is 0.426 e. The number of hydrogen-bond acceptors (Lipinski definition) is 3. The molecule has 0 saturated carbocycles. The van der Waals surface area contributed by atoms with Gasteiger partial charge < -0.3 is 5.73 Å². The highest BCUT2D eigenvalue weighted by atomic mass is 19.4. The van der Waals surface area contributed by atoms with Crippen LogP contribution in [0.2, 0.25) is 0 Å². The molecule has 0 atom stereocenters. The third kappa shape index (κ3) is 1.88. The zero-order valence-corrected chi connectivity index (χ0v) is 7.31. The summed E-state index contributed by atoms with van der Waals surface area (Å²) in [7, 11) is 0. The Morgan fingerprint density at radius 3 is 2.19 bits per heavy atom. The standard InChI is InChI=1S/C7H3F5N2O2/c8-2-1-3(13)5(9)4(7(10,11)12)6(2)14(15)16/h1H,13H2. The van der Waals surface area contributed by atoms with E-state index in [9.17, 15) is 32.1 Å². The lowest BCUT2D eigenvalue weighted by Gasteiger charge is -2.10. The number of nitrogens with zero attached hydrogens (tertiary/aromatic N) is 1. The average Bonchev–Trinajstić information content (AvgIpc) is 2.07. The smallest absolute Gasteiger partial charge is 0.396 e. The summed E-state index contributed by atoms with van der Waals surface area (Å²) < 4.78 is 62.7. The van der Waals surface area contributed by atoms with Crippen molar-refractivity contribution in [2.75, 3.05) is 5.73 Å². The predicted molar refractivity (Wildman–Crippen MR) is 42.4 cm³/mol. The molecule has 0 heterocycles. The monoisotopic (exact) mass is 242 g/mol. The minimum atomic E-state index is -5.40. The average molecular weight is 242 g/mol. The molecule has 1 aromatic rings. The van der Waals surface area contributed by atoms with Gasteiger partial charge in [-0.25, -0.2) is 4.39 Å². The number of nitro groups is 1. The van der Waals surface area contributed by atoms with Gasteiger partial charge in [0.2, 0.25) is 5.82 Å². The van der Waals surface area contributed by atoms with Gasteiger partial charge in [-0.3, -0.25) is 10.1 Å². The summed E-state index contributed by atoms with van der Waals surface area (Å²) in [5.74, 6) is -3.89. The van der Waals surface area contributed by atoms with Crippen molar-refractivity contribution in [2.24, 2.45) is 0 Å². The third-order valence-electron chi connectivity index (χ3n) is 1.68. The molecule has 0 amide bonds.